The van der Waals surface area contributed by atoms with Gasteiger partial charge in [-0.1, -0.05) is 17.7 Å². The predicted molar refractivity (Wildman–Crippen MR) is 83.2 cm³/mol. The lowest BCUT2D eigenvalue weighted by Gasteiger charge is -2.10. The van der Waals surface area contributed by atoms with Crippen molar-refractivity contribution in [3.05, 3.63) is 51.2 Å². The second-order valence-electron chi connectivity index (χ2n) is 4.25. The summed E-state index contributed by atoms with van der Waals surface area (Å²) >= 11 is 7.44. The minimum absolute atomic E-state index is 0.331. The summed E-state index contributed by atoms with van der Waals surface area (Å²) in [6, 6.07) is 9.30. The summed E-state index contributed by atoms with van der Waals surface area (Å²) in [6.07, 6.45) is 1.19. The molecule has 0 radical (unpaired) electrons. The minimum atomic E-state index is -0.456. The van der Waals surface area contributed by atoms with E-state index in [2.05, 4.69) is 4.99 Å². The molecule has 0 aliphatic rings. The third-order valence-corrected chi connectivity index (χ3v) is 3.79. The molecule has 0 saturated heterocycles. The van der Waals surface area contributed by atoms with Crippen molar-refractivity contribution in [1.82, 2.24) is 0 Å². The number of aryl methyl sites for hydroxylation is 1. The van der Waals surface area contributed by atoms with Crippen molar-refractivity contribution >= 4 is 40.8 Å². The van der Waals surface area contributed by atoms with Crippen LogP contribution in [0.3, 0.4) is 0 Å². The van der Waals surface area contributed by atoms with Gasteiger partial charge in [-0.05, 0) is 42.1 Å². The van der Waals surface area contributed by atoms with Gasteiger partial charge in [-0.15, -0.1) is 11.3 Å². The van der Waals surface area contributed by atoms with Gasteiger partial charge in [0.15, 0.2) is 6.10 Å². The first kappa shape index (κ1) is 14.8. The Morgan fingerprint density at radius 2 is 2.25 bits per heavy atom. The molecule has 0 aliphatic carbocycles. The highest BCUT2D eigenvalue weighted by Crippen LogP contribution is 2.25. The molecule has 1 heterocycles. The van der Waals surface area contributed by atoms with Crippen LogP contribution in [0, 0.1) is 6.92 Å². The molecule has 1 unspecified atom stereocenters. The van der Waals surface area contributed by atoms with Crippen LogP contribution in [0.4, 0.5) is 5.69 Å². The lowest BCUT2D eigenvalue weighted by molar-refractivity contribution is -0.143. The fourth-order valence-corrected chi connectivity index (χ4v) is 2.65. The molecule has 104 valence electrons. The molecule has 1 atom stereocenters. The van der Waals surface area contributed by atoms with Crippen molar-refractivity contribution in [2.75, 3.05) is 0 Å². The lowest BCUT2D eigenvalue weighted by Crippen LogP contribution is -2.08. The van der Waals surface area contributed by atoms with Crippen LogP contribution in [-0.2, 0) is 9.53 Å². The monoisotopic (exact) mass is 307 g/mol. The molecule has 5 heteroatoms. The van der Waals surface area contributed by atoms with Gasteiger partial charge in [-0.25, -0.2) is 0 Å². The van der Waals surface area contributed by atoms with Crippen LogP contribution in [0.5, 0.6) is 0 Å². The standard InChI is InChI=1S/C15H14ClNO2S/c1-10-8-12(16)5-6-13(10)17-9-14(19-11(2)18)15-4-3-7-20-15/h3-9,14H,1-2H3. The smallest absolute Gasteiger partial charge is 0.303 e. The van der Waals surface area contributed by atoms with E-state index in [-0.39, 0.29) is 5.97 Å². The van der Waals surface area contributed by atoms with Crippen LogP contribution in [0.15, 0.2) is 40.7 Å². The molecular weight excluding hydrogens is 294 g/mol. The number of hydrogen-bond acceptors (Lipinski definition) is 4. The van der Waals surface area contributed by atoms with Gasteiger partial charge in [-0.2, -0.15) is 0 Å². The molecular formula is C15H14ClNO2S. The molecule has 0 bridgehead atoms. The van der Waals surface area contributed by atoms with Crippen LogP contribution in [0.1, 0.15) is 23.5 Å². The molecule has 2 rings (SSSR count). The molecule has 1 aromatic heterocycles. The van der Waals surface area contributed by atoms with Crippen LogP contribution >= 0.6 is 22.9 Å². The van der Waals surface area contributed by atoms with E-state index in [0.29, 0.717) is 5.02 Å². The zero-order valence-electron chi connectivity index (χ0n) is 11.2. The molecule has 2 aromatic rings. The molecule has 0 aliphatic heterocycles. The van der Waals surface area contributed by atoms with Crippen LogP contribution in [-0.4, -0.2) is 12.2 Å². The first-order chi connectivity index (χ1) is 9.56. The number of benzene rings is 1. The highest BCUT2D eigenvalue weighted by Gasteiger charge is 2.13. The predicted octanol–water partition coefficient (Wildman–Crippen LogP) is 4.72. The Hall–Kier alpha value is -1.65. The number of hydrogen-bond donors (Lipinski definition) is 0. The third-order valence-electron chi connectivity index (χ3n) is 2.62. The van der Waals surface area contributed by atoms with Gasteiger partial charge in [0.1, 0.15) is 0 Å². The molecule has 0 N–H and O–H groups in total. The summed E-state index contributed by atoms with van der Waals surface area (Å²) < 4.78 is 5.28. The highest BCUT2D eigenvalue weighted by molar-refractivity contribution is 7.10. The van der Waals surface area contributed by atoms with Gasteiger partial charge in [0.05, 0.1) is 16.8 Å². The Morgan fingerprint density at radius 1 is 1.45 bits per heavy atom. The largest absolute Gasteiger partial charge is 0.451 e. The number of rotatable bonds is 4. The minimum Gasteiger partial charge on any atom is -0.451 e. The molecule has 1 aromatic carbocycles. The van der Waals surface area contributed by atoms with E-state index in [4.69, 9.17) is 16.3 Å². The van der Waals surface area contributed by atoms with Gasteiger partial charge in [0.25, 0.3) is 0 Å². The fourth-order valence-electron chi connectivity index (χ4n) is 1.71. The van der Waals surface area contributed by atoms with Crippen molar-refractivity contribution < 1.29 is 9.53 Å². The fraction of sp³-hybridized carbons (Fsp3) is 0.200. The van der Waals surface area contributed by atoms with Crippen LogP contribution in [0.25, 0.3) is 0 Å². The topological polar surface area (TPSA) is 38.7 Å². The van der Waals surface area contributed by atoms with Crippen LogP contribution in [0.2, 0.25) is 5.02 Å². The number of esters is 1. The van der Waals surface area contributed by atoms with E-state index in [1.807, 2.05) is 36.6 Å². The van der Waals surface area contributed by atoms with Crippen molar-refractivity contribution in [2.24, 2.45) is 4.99 Å². The number of carbonyl (C=O) groups is 1. The molecule has 0 fully saturated rings. The van der Waals surface area contributed by atoms with Crippen LogP contribution < -0.4 is 0 Å². The maximum atomic E-state index is 11.2. The van der Waals surface area contributed by atoms with E-state index < -0.39 is 6.10 Å². The zero-order valence-corrected chi connectivity index (χ0v) is 12.7. The normalized spacial score (nSPS) is 12.6. The first-order valence-corrected chi connectivity index (χ1v) is 7.33. The quantitative estimate of drug-likeness (QED) is 0.605. The Labute approximate surface area is 126 Å². The molecule has 20 heavy (non-hydrogen) atoms. The van der Waals surface area contributed by atoms with Crippen molar-refractivity contribution in [2.45, 2.75) is 20.0 Å². The third kappa shape index (κ3) is 3.92. The second-order valence-corrected chi connectivity index (χ2v) is 5.67. The first-order valence-electron chi connectivity index (χ1n) is 6.07. The number of thiophene rings is 1. The van der Waals surface area contributed by atoms with Gasteiger partial charge >= 0.3 is 5.97 Å². The van der Waals surface area contributed by atoms with Crippen molar-refractivity contribution in [1.29, 1.82) is 0 Å². The van der Waals surface area contributed by atoms with E-state index in [9.17, 15) is 4.79 Å². The number of aliphatic imine (C=N–C) groups is 1. The number of ether oxygens (including phenoxy) is 1. The summed E-state index contributed by atoms with van der Waals surface area (Å²) in [7, 11) is 0. The highest BCUT2D eigenvalue weighted by atomic mass is 35.5. The number of nitrogens with zero attached hydrogens (tertiary/aromatic N) is 1. The summed E-state index contributed by atoms with van der Waals surface area (Å²) in [6.45, 7) is 3.33. The molecule has 0 saturated carbocycles. The van der Waals surface area contributed by atoms with E-state index in [1.54, 1.807) is 12.3 Å². The van der Waals surface area contributed by atoms with Gasteiger partial charge < -0.3 is 4.74 Å². The summed E-state index contributed by atoms with van der Waals surface area (Å²) in [4.78, 5) is 16.5. The van der Waals surface area contributed by atoms with Gasteiger partial charge in [0.2, 0.25) is 0 Å². The summed E-state index contributed by atoms with van der Waals surface area (Å²) in [5.41, 5.74) is 1.78. The van der Waals surface area contributed by atoms with Gasteiger partial charge in [0, 0.05) is 11.9 Å². The maximum Gasteiger partial charge on any atom is 0.303 e. The molecule has 0 spiro atoms. The summed E-state index contributed by atoms with van der Waals surface area (Å²) in [5, 5.41) is 2.61. The zero-order chi connectivity index (χ0) is 14.5. The van der Waals surface area contributed by atoms with E-state index >= 15 is 0 Å². The number of carbonyl (C=O) groups excluding carboxylic acids is 1. The van der Waals surface area contributed by atoms with Crippen molar-refractivity contribution in [3.63, 3.8) is 0 Å². The van der Waals surface area contributed by atoms with E-state index in [1.165, 1.54) is 18.3 Å². The average molecular weight is 308 g/mol. The van der Waals surface area contributed by atoms with Gasteiger partial charge in [-0.3, -0.25) is 9.79 Å². The second kappa shape index (κ2) is 6.68. The maximum absolute atomic E-state index is 11.2. The Morgan fingerprint density at radius 3 is 2.85 bits per heavy atom. The summed E-state index contributed by atoms with van der Waals surface area (Å²) in [5.74, 6) is -0.331. The van der Waals surface area contributed by atoms with E-state index in [0.717, 1.165) is 16.1 Å². The SMILES string of the molecule is CC(=O)OC(C=Nc1ccc(Cl)cc1C)c1cccs1. The molecule has 0 amide bonds. The lowest BCUT2D eigenvalue weighted by atomic mass is 10.2. The number of halogens is 1. The Kier molecular flexibility index (Phi) is 4.93. The Balaban J connectivity index is 2.22. The Bertz CT molecular complexity index is 623. The molecule has 3 nitrogen and oxygen atoms in total. The van der Waals surface area contributed by atoms with Crippen molar-refractivity contribution in [3.8, 4) is 0 Å². The average Bonchev–Trinajstić information content (AvgIpc) is 2.89.